The molecule has 0 spiro atoms. The number of carbonyl (C=O) groups excluding carboxylic acids is 1. The van der Waals surface area contributed by atoms with Crippen molar-refractivity contribution >= 4 is 27.3 Å². The van der Waals surface area contributed by atoms with Crippen molar-refractivity contribution in [2.75, 3.05) is 20.7 Å². The van der Waals surface area contributed by atoms with Crippen LogP contribution in [0.25, 0.3) is 10.1 Å². The molecule has 130 valence electrons. The standard InChI is InChI=1S/C19H24FNO2S/c1-21(11-13-7-4-3-5-8-13)19(22)18-14(12-23-2)17-15(20)9-6-10-16(17)24-18/h6,9-10,13H,3-5,7-8,11-12H2,1-2H3. The maximum Gasteiger partial charge on any atom is 0.264 e. The lowest BCUT2D eigenvalue weighted by Gasteiger charge is -2.27. The zero-order chi connectivity index (χ0) is 17.1. The van der Waals surface area contributed by atoms with Gasteiger partial charge < -0.3 is 9.64 Å². The number of ether oxygens (including phenoxy) is 1. The Kier molecular flexibility index (Phi) is 5.51. The second-order valence-electron chi connectivity index (χ2n) is 6.65. The molecule has 3 nitrogen and oxygen atoms in total. The number of rotatable bonds is 5. The lowest BCUT2D eigenvalue weighted by Crippen LogP contribution is -2.32. The van der Waals surface area contributed by atoms with Crippen molar-refractivity contribution in [2.45, 2.75) is 38.7 Å². The molecule has 3 rings (SSSR count). The number of hydrogen-bond acceptors (Lipinski definition) is 3. The SMILES string of the molecule is COCc1c(C(=O)N(C)CC2CCCCC2)sc2cccc(F)c12. The molecule has 0 saturated heterocycles. The van der Waals surface area contributed by atoms with Gasteiger partial charge in [-0.2, -0.15) is 0 Å². The summed E-state index contributed by atoms with van der Waals surface area (Å²) in [6.07, 6.45) is 6.22. The van der Waals surface area contributed by atoms with E-state index in [1.165, 1.54) is 49.5 Å². The monoisotopic (exact) mass is 349 g/mol. The molecule has 1 aliphatic carbocycles. The van der Waals surface area contributed by atoms with Gasteiger partial charge >= 0.3 is 0 Å². The van der Waals surface area contributed by atoms with Crippen LogP contribution in [-0.2, 0) is 11.3 Å². The van der Waals surface area contributed by atoms with Crippen LogP contribution in [0.15, 0.2) is 18.2 Å². The maximum absolute atomic E-state index is 14.2. The molecule has 0 atom stereocenters. The fraction of sp³-hybridized carbons (Fsp3) is 0.526. The zero-order valence-electron chi connectivity index (χ0n) is 14.3. The largest absolute Gasteiger partial charge is 0.380 e. The van der Waals surface area contributed by atoms with Gasteiger partial charge in [0.2, 0.25) is 0 Å². The van der Waals surface area contributed by atoms with Gasteiger partial charge in [-0.1, -0.05) is 25.3 Å². The van der Waals surface area contributed by atoms with Crippen molar-refractivity contribution in [3.8, 4) is 0 Å². The molecule has 1 aromatic heterocycles. The number of amides is 1. The van der Waals surface area contributed by atoms with E-state index in [4.69, 9.17) is 4.74 Å². The smallest absolute Gasteiger partial charge is 0.264 e. The second kappa shape index (κ2) is 7.62. The molecule has 0 radical (unpaired) electrons. The van der Waals surface area contributed by atoms with Crippen LogP contribution in [0.3, 0.4) is 0 Å². The van der Waals surface area contributed by atoms with E-state index in [1.807, 2.05) is 13.1 Å². The first-order valence-corrected chi connectivity index (χ1v) is 9.37. The Hall–Kier alpha value is -1.46. The van der Waals surface area contributed by atoms with Crippen molar-refractivity contribution in [1.29, 1.82) is 0 Å². The summed E-state index contributed by atoms with van der Waals surface area (Å²) >= 11 is 1.37. The summed E-state index contributed by atoms with van der Waals surface area (Å²) in [5, 5.41) is 0.527. The van der Waals surface area contributed by atoms with Crippen molar-refractivity contribution in [1.82, 2.24) is 4.90 Å². The minimum Gasteiger partial charge on any atom is -0.380 e. The minimum atomic E-state index is -0.287. The van der Waals surface area contributed by atoms with Crippen molar-refractivity contribution in [2.24, 2.45) is 5.92 Å². The number of methoxy groups -OCH3 is 1. The molecule has 0 unspecified atom stereocenters. The summed E-state index contributed by atoms with van der Waals surface area (Å²) in [5.41, 5.74) is 0.677. The molecule has 5 heteroatoms. The first-order chi connectivity index (χ1) is 11.6. The first-order valence-electron chi connectivity index (χ1n) is 8.56. The highest BCUT2D eigenvalue weighted by atomic mass is 32.1. The van der Waals surface area contributed by atoms with E-state index in [9.17, 15) is 9.18 Å². The molecule has 0 bridgehead atoms. The molecule has 0 N–H and O–H groups in total. The van der Waals surface area contributed by atoms with Crippen molar-refractivity contribution < 1.29 is 13.9 Å². The summed E-state index contributed by atoms with van der Waals surface area (Å²) in [7, 11) is 3.43. The molecule has 2 aromatic rings. The molecule has 1 aliphatic rings. The Bertz CT molecular complexity index is 721. The van der Waals surface area contributed by atoms with E-state index in [1.54, 1.807) is 18.1 Å². The Morgan fingerprint density at radius 2 is 2.08 bits per heavy atom. The molecule has 24 heavy (non-hydrogen) atoms. The van der Waals surface area contributed by atoms with Gasteiger partial charge in [0.1, 0.15) is 5.82 Å². The van der Waals surface area contributed by atoms with Crippen LogP contribution in [0.5, 0.6) is 0 Å². The van der Waals surface area contributed by atoms with Crippen LogP contribution in [0.1, 0.15) is 47.3 Å². The van der Waals surface area contributed by atoms with Crippen LogP contribution >= 0.6 is 11.3 Å². The topological polar surface area (TPSA) is 29.5 Å². The van der Waals surface area contributed by atoms with E-state index in [0.717, 1.165) is 11.2 Å². The van der Waals surface area contributed by atoms with Gasteiger partial charge in [-0.25, -0.2) is 4.39 Å². The van der Waals surface area contributed by atoms with Crippen molar-refractivity contribution in [3.63, 3.8) is 0 Å². The average Bonchev–Trinajstić information content (AvgIpc) is 2.95. The van der Waals surface area contributed by atoms with E-state index in [0.29, 0.717) is 21.7 Å². The third kappa shape index (κ3) is 3.47. The predicted molar refractivity (Wildman–Crippen MR) is 96.0 cm³/mol. The average molecular weight is 349 g/mol. The molecule has 1 amide bonds. The summed E-state index contributed by atoms with van der Waals surface area (Å²) in [4.78, 5) is 15.4. The fourth-order valence-corrected chi connectivity index (χ4v) is 4.85. The van der Waals surface area contributed by atoms with Gasteiger partial charge in [-0.05, 0) is 30.9 Å². The molecular formula is C19H24FNO2S. The third-order valence-corrected chi connectivity index (χ3v) is 6.03. The van der Waals surface area contributed by atoms with Crippen LogP contribution < -0.4 is 0 Å². The van der Waals surface area contributed by atoms with E-state index in [2.05, 4.69) is 0 Å². The highest BCUT2D eigenvalue weighted by molar-refractivity contribution is 7.21. The van der Waals surface area contributed by atoms with Gasteiger partial charge in [0, 0.05) is 36.4 Å². The molecule has 1 saturated carbocycles. The Labute approximate surface area is 146 Å². The summed E-state index contributed by atoms with van der Waals surface area (Å²) in [5.74, 6) is 0.280. The number of thiophene rings is 1. The normalized spacial score (nSPS) is 15.8. The lowest BCUT2D eigenvalue weighted by molar-refractivity contribution is 0.0761. The molecule has 1 aromatic carbocycles. The summed E-state index contributed by atoms with van der Waals surface area (Å²) in [6, 6.07) is 4.99. The number of carbonyl (C=O) groups is 1. The number of nitrogens with zero attached hydrogens (tertiary/aromatic N) is 1. The van der Waals surface area contributed by atoms with Gasteiger partial charge in [-0.15, -0.1) is 11.3 Å². The van der Waals surface area contributed by atoms with Gasteiger partial charge in [-0.3, -0.25) is 4.79 Å². The minimum absolute atomic E-state index is 0.0202. The molecular weight excluding hydrogens is 325 g/mol. The summed E-state index contributed by atoms with van der Waals surface area (Å²) in [6.45, 7) is 1.03. The van der Waals surface area contributed by atoms with Crippen LogP contribution in [0, 0.1) is 11.7 Å². The Morgan fingerprint density at radius 1 is 1.33 bits per heavy atom. The molecule has 1 fully saturated rings. The Balaban J connectivity index is 1.88. The zero-order valence-corrected chi connectivity index (χ0v) is 15.1. The maximum atomic E-state index is 14.2. The van der Waals surface area contributed by atoms with E-state index >= 15 is 0 Å². The van der Waals surface area contributed by atoms with Crippen molar-refractivity contribution in [3.05, 3.63) is 34.5 Å². The second-order valence-corrected chi connectivity index (χ2v) is 7.70. The number of benzene rings is 1. The van der Waals surface area contributed by atoms with Crippen LogP contribution in [0.2, 0.25) is 0 Å². The first kappa shape index (κ1) is 17.4. The van der Waals surface area contributed by atoms with Gasteiger partial charge in [0.15, 0.2) is 0 Å². The number of halogens is 1. The third-order valence-electron chi connectivity index (χ3n) is 4.85. The predicted octanol–water partition coefficient (Wildman–Crippen LogP) is 4.84. The highest BCUT2D eigenvalue weighted by Crippen LogP contribution is 2.35. The highest BCUT2D eigenvalue weighted by Gasteiger charge is 2.25. The lowest BCUT2D eigenvalue weighted by atomic mass is 9.89. The van der Waals surface area contributed by atoms with Gasteiger partial charge in [0.25, 0.3) is 5.91 Å². The van der Waals surface area contributed by atoms with Gasteiger partial charge in [0.05, 0.1) is 11.5 Å². The molecule has 1 heterocycles. The quantitative estimate of drug-likeness (QED) is 0.773. The summed E-state index contributed by atoms with van der Waals surface area (Å²) < 4.78 is 20.3. The van der Waals surface area contributed by atoms with Crippen LogP contribution in [-0.4, -0.2) is 31.5 Å². The van der Waals surface area contributed by atoms with E-state index in [-0.39, 0.29) is 18.3 Å². The fourth-order valence-electron chi connectivity index (χ4n) is 3.64. The number of fused-ring (bicyclic) bond motifs is 1. The number of hydrogen-bond donors (Lipinski definition) is 0. The molecule has 0 aliphatic heterocycles. The Morgan fingerprint density at radius 3 is 2.79 bits per heavy atom. The van der Waals surface area contributed by atoms with E-state index < -0.39 is 0 Å². The van der Waals surface area contributed by atoms with Crippen LogP contribution in [0.4, 0.5) is 4.39 Å².